The van der Waals surface area contributed by atoms with E-state index in [0.29, 0.717) is 39.4 Å². The molecule has 2 saturated heterocycles. The Morgan fingerprint density at radius 3 is 2.27 bits per heavy atom. The van der Waals surface area contributed by atoms with Crippen LogP contribution in [0.5, 0.6) is 5.75 Å². The van der Waals surface area contributed by atoms with Crippen molar-refractivity contribution >= 4 is 17.6 Å². The molecular formula is C18H26N4O4. The molecular weight excluding hydrogens is 336 g/mol. The highest BCUT2D eigenvalue weighted by Crippen LogP contribution is 2.20. The number of methoxy groups -OCH3 is 1. The molecule has 2 fully saturated rings. The van der Waals surface area contributed by atoms with Crippen LogP contribution in [-0.4, -0.2) is 87.9 Å². The molecule has 8 heteroatoms. The first-order chi connectivity index (χ1) is 12.7. The van der Waals surface area contributed by atoms with Gasteiger partial charge < -0.3 is 29.5 Å². The predicted molar refractivity (Wildman–Crippen MR) is 97.6 cm³/mol. The number of nitrogens with one attached hydrogen (secondary N) is 1. The lowest BCUT2D eigenvalue weighted by Crippen LogP contribution is -2.53. The molecule has 1 N–H and O–H groups in total. The molecule has 8 nitrogen and oxygen atoms in total. The zero-order chi connectivity index (χ0) is 18.4. The minimum Gasteiger partial charge on any atom is -0.497 e. The van der Waals surface area contributed by atoms with E-state index in [0.717, 1.165) is 24.5 Å². The van der Waals surface area contributed by atoms with Gasteiger partial charge in [-0.15, -0.1) is 0 Å². The van der Waals surface area contributed by atoms with E-state index in [4.69, 9.17) is 9.47 Å². The van der Waals surface area contributed by atoms with Crippen LogP contribution < -0.4 is 15.0 Å². The van der Waals surface area contributed by atoms with Crippen molar-refractivity contribution in [3.05, 3.63) is 24.3 Å². The number of morpholine rings is 1. The van der Waals surface area contributed by atoms with Crippen molar-refractivity contribution in [1.82, 2.24) is 15.1 Å². The second-order valence-corrected chi connectivity index (χ2v) is 6.32. The van der Waals surface area contributed by atoms with E-state index in [9.17, 15) is 9.59 Å². The van der Waals surface area contributed by atoms with Crippen molar-refractivity contribution in [2.24, 2.45) is 0 Å². The van der Waals surface area contributed by atoms with Gasteiger partial charge in [0.25, 0.3) is 0 Å². The average molecular weight is 362 g/mol. The highest BCUT2D eigenvalue weighted by atomic mass is 16.5. The van der Waals surface area contributed by atoms with Crippen molar-refractivity contribution in [3.8, 4) is 5.75 Å². The molecule has 0 unspecified atom stereocenters. The number of ether oxygens (including phenoxy) is 2. The number of piperazine rings is 1. The van der Waals surface area contributed by atoms with Crippen molar-refractivity contribution in [1.29, 1.82) is 0 Å². The number of rotatable bonds is 4. The van der Waals surface area contributed by atoms with Crippen LogP contribution in [0.15, 0.2) is 24.3 Å². The predicted octanol–water partition coefficient (Wildman–Crippen LogP) is 0.386. The van der Waals surface area contributed by atoms with E-state index in [-0.39, 0.29) is 18.5 Å². The zero-order valence-electron chi connectivity index (χ0n) is 15.1. The van der Waals surface area contributed by atoms with Gasteiger partial charge in [-0.05, 0) is 24.3 Å². The van der Waals surface area contributed by atoms with E-state index in [2.05, 4.69) is 10.2 Å². The fraction of sp³-hybridized carbons (Fsp3) is 0.556. The topological polar surface area (TPSA) is 74.4 Å². The van der Waals surface area contributed by atoms with E-state index >= 15 is 0 Å². The molecule has 0 radical (unpaired) electrons. The number of anilines is 1. The van der Waals surface area contributed by atoms with Crippen LogP contribution in [0.4, 0.5) is 10.5 Å². The summed E-state index contributed by atoms with van der Waals surface area (Å²) in [5.41, 5.74) is 1.12. The van der Waals surface area contributed by atoms with Crippen molar-refractivity contribution in [2.75, 3.05) is 71.0 Å². The first-order valence-corrected chi connectivity index (χ1v) is 8.94. The number of nitrogens with zero attached hydrogens (tertiary/aromatic N) is 3. The number of carbonyl (C=O) groups is 2. The molecule has 0 saturated carbocycles. The van der Waals surface area contributed by atoms with Crippen LogP contribution in [0.2, 0.25) is 0 Å². The largest absolute Gasteiger partial charge is 0.497 e. The summed E-state index contributed by atoms with van der Waals surface area (Å²) in [6, 6.07) is 7.73. The Kier molecular flexibility index (Phi) is 6.17. The quantitative estimate of drug-likeness (QED) is 0.839. The first-order valence-electron chi connectivity index (χ1n) is 8.94. The summed E-state index contributed by atoms with van der Waals surface area (Å²) in [4.78, 5) is 30.1. The van der Waals surface area contributed by atoms with Crippen molar-refractivity contribution in [2.45, 2.75) is 0 Å². The lowest BCUT2D eigenvalue weighted by Gasteiger charge is -2.36. The summed E-state index contributed by atoms with van der Waals surface area (Å²) >= 11 is 0. The number of carbonyl (C=O) groups excluding carboxylic acids is 2. The monoisotopic (exact) mass is 362 g/mol. The Morgan fingerprint density at radius 2 is 1.65 bits per heavy atom. The molecule has 2 heterocycles. The summed E-state index contributed by atoms with van der Waals surface area (Å²) in [6.07, 6.45) is 0. The molecule has 0 atom stereocenters. The number of benzene rings is 1. The molecule has 0 bridgehead atoms. The summed E-state index contributed by atoms with van der Waals surface area (Å²) < 4.78 is 10.4. The fourth-order valence-corrected chi connectivity index (χ4v) is 3.15. The molecule has 0 spiro atoms. The average Bonchev–Trinajstić information content (AvgIpc) is 2.72. The summed E-state index contributed by atoms with van der Waals surface area (Å²) in [6.45, 7) is 5.13. The minimum atomic E-state index is -0.196. The van der Waals surface area contributed by atoms with Crippen LogP contribution in [0.1, 0.15) is 0 Å². The Morgan fingerprint density at radius 1 is 1.00 bits per heavy atom. The lowest BCUT2D eigenvalue weighted by molar-refractivity contribution is -0.130. The van der Waals surface area contributed by atoms with Gasteiger partial charge in [0.05, 0.1) is 26.9 Å². The second-order valence-electron chi connectivity index (χ2n) is 6.32. The zero-order valence-corrected chi connectivity index (χ0v) is 15.1. The van der Waals surface area contributed by atoms with Gasteiger partial charge in [-0.25, -0.2) is 4.79 Å². The number of hydrogen-bond acceptors (Lipinski definition) is 5. The third-order valence-corrected chi connectivity index (χ3v) is 4.76. The van der Waals surface area contributed by atoms with Crippen LogP contribution >= 0.6 is 0 Å². The van der Waals surface area contributed by atoms with Gasteiger partial charge in [0.2, 0.25) is 5.91 Å². The van der Waals surface area contributed by atoms with Crippen LogP contribution in [0.3, 0.4) is 0 Å². The van der Waals surface area contributed by atoms with Gasteiger partial charge >= 0.3 is 6.03 Å². The molecule has 1 aromatic rings. The molecule has 3 rings (SSSR count). The van der Waals surface area contributed by atoms with E-state index in [1.165, 1.54) is 0 Å². The molecule has 142 valence electrons. The maximum atomic E-state index is 12.3. The molecule has 0 aliphatic carbocycles. The Balaban J connectivity index is 1.42. The maximum Gasteiger partial charge on any atom is 0.317 e. The third kappa shape index (κ3) is 4.57. The molecule has 1 aromatic carbocycles. The lowest BCUT2D eigenvalue weighted by atomic mass is 10.2. The highest BCUT2D eigenvalue weighted by Gasteiger charge is 2.23. The van der Waals surface area contributed by atoms with Gasteiger partial charge in [-0.1, -0.05) is 0 Å². The smallest absolute Gasteiger partial charge is 0.317 e. The van der Waals surface area contributed by atoms with Crippen LogP contribution in [-0.2, 0) is 9.53 Å². The third-order valence-electron chi connectivity index (χ3n) is 4.76. The Bertz CT molecular complexity index is 608. The summed E-state index contributed by atoms with van der Waals surface area (Å²) in [5.74, 6) is 0.791. The van der Waals surface area contributed by atoms with Crippen molar-refractivity contribution < 1.29 is 19.1 Å². The molecule has 26 heavy (non-hydrogen) atoms. The molecule has 2 aliphatic heterocycles. The summed E-state index contributed by atoms with van der Waals surface area (Å²) in [5, 5.41) is 2.72. The normalized spacial score (nSPS) is 17.8. The Hall–Kier alpha value is -2.48. The van der Waals surface area contributed by atoms with E-state index in [1.807, 2.05) is 24.3 Å². The van der Waals surface area contributed by atoms with E-state index in [1.54, 1.807) is 16.9 Å². The maximum absolute atomic E-state index is 12.3. The van der Waals surface area contributed by atoms with Crippen LogP contribution in [0, 0.1) is 0 Å². The molecule has 3 amide bonds. The fourth-order valence-electron chi connectivity index (χ4n) is 3.15. The number of urea groups is 1. The minimum absolute atomic E-state index is 0.0404. The van der Waals surface area contributed by atoms with Gasteiger partial charge in [0, 0.05) is 45.0 Å². The number of amides is 3. The molecule has 2 aliphatic rings. The molecule has 0 aromatic heterocycles. The second kappa shape index (κ2) is 8.75. The van der Waals surface area contributed by atoms with Crippen LogP contribution in [0.25, 0.3) is 0 Å². The van der Waals surface area contributed by atoms with Crippen molar-refractivity contribution in [3.63, 3.8) is 0 Å². The van der Waals surface area contributed by atoms with Gasteiger partial charge in [0.1, 0.15) is 5.75 Å². The number of hydrogen-bond donors (Lipinski definition) is 1. The SMILES string of the molecule is COc1ccc(N2CCN(C(=O)CNC(=O)N3CCOCC3)CC2)cc1. The van der Waals surface area contributed by atoms with Gasteiger partial charge in [-0.2, -0.15) is 0 Å². The standard InChI is InChI=1S/C18H26N4O4/c1-25-16-4-2-15(3-5-16)20-6-8-21(9-7-20)17(23)14-19-18(24)22-10-12-26-13-11-22/h2-5H,6-14H2,1H3,(H,19,24). The Labute approximate surface area is 153 Å². The van der Waals surface area contributed by atoms with Gasteiger partial charge in [-0.3, -0.25) is 4.79 Å². The highest BCUT2D eigenvalue weighted by molar-refractivity contribution is 5.84. The van der Waals surface area contributed by atoms with Gasteiger partial charge in [0.15, 0.2) is 0 Å². The van der Waals surface area contributed by atoms with E-state index < -0.39 is 0 Å². The first kappa shape index (κ1) is 18.3. The summed E-state index contributed by atoms with van der Waals surface area (Å²) in [7, 11) is 1.65.